The van der Waals surface area contributed by atoms with Crippen molar-refractivity contribution in [1.29, 1.82) is 0 Å². The van der Waals surface area contributed by atoms with Gasteiger partial charge in [-0.3, -0.25) is 4.79 Å². The molecule has 0 aliphatic heterocycles. The number of carbonyl (C=O) groups is 1. The number of methoxy groups -OCH3 is 1. The first-order valence-corrected chi connectivity index (χ1v) is 6.82. The fourth-order valence-electron chi connectivity index (χ4n) is 2.29. The fourth-order valence-corrected chi connectivity index (χ4v) is 2.29. The average molecular weight is 286 g/mol. The van der Waals surface area contributed by atoms with Crippen LogP contribution in [0.2, 0.25) is 0 Å². The molecule has 2 rings (SSSR count). The Morgan fingerprint density at radius 2 is 1.71 bits per heavy atom. The first kappa shape index (κ1) is 15.2. The minimum Gasteiger partial charge on any atom is -0.497 e. The molecule has 0 aliphatic rings. The number of hydrogen-bond acceptors (Lipinski definition) is 2. The number of benzene rings is 2. The van der Waals surface area contributed by atoms with Crippen molar-refractivity contribution in [3.8, 4) is 5.75 Å². The Labute approximate surface area is 124 Å². The van der Waals surface area contributed by atoms with E-state index in [0.717, 1.165) is 5.56 Å². The summed E-state index contributed by atoms with van der Waals surface area (Å²) in [5.74, 6) is -0.475. The van der Waals surface area contributed by atoms with Gasteiger partial charge in [-0.1, -0.05) is 45.0 Å². The zero-order valence-electron chi connectivity index (χ0n) is 12.7. The van der Waals surface area contributed by atoms with E-state index in [1.165, 1.54) is 19.2 Å². The van der Waals surface area contributed by atoms with Gasteiger partial charge in [0.15, 0.2) is 5.78 Å². The Balaban J connectivity index is 2.51. The molecule has 2 aromatic rings. The second kappa shape index (κ2) is 5.68. The summed E-state index contributed by atoms with van der Waals surface area (Å²) >= 11 is 0. The molecule has 0 fully saturated rings. The van der Waals surface area contributed by atoms with Crippen molar-refractivity contribution in [3.63, 3.8) is 0 Å². The summed E-state index contributed by atoms with van der Waals surface area (Å²) in [7, 11) is 1.46. The molecule has 0 atom stereocenters. The van der Waals surface area contributed by atoms with Crippen molar-refractivity contribution < 1.29 is 13.9 Å². The summed E-state index contributed by atoms with van der Waals surface area (Å²) in [6.45, 7) is 6.09. The van der Waals surface area contributed by atoms with Crippen molar-refractivity contribution in [2.45, 2.75) is 26.2 Å². The maximum absolute atomic E-state index is 14.1. The molecule has 0 N–H and O–H groups in total. The highest BCUT2D eigenvalue weighted by Gasteiger charge is 2.23. The molecular weight excluding hydrogens is 267 g/mol. The lowest BCUT2D eigenvalue weighted by Gasteiger charge is -2.22. The highest BCUT2D eigenvalue weighted by molar-refractivity contribution is 6.10. The Morgan fingerprint density at radius 3 is 2.29 bits per heavy atom. The van der Waals surface area contributed by atoms with Gasteiger partial charge in [0.25, 0.3) is 0 Å². The van der Waals surface area contributed by atoms with Gasteiger partial charge in [0, 0.05) is 11.6 Å². The van der Waals surface area contributed by atoms with E-state index in [-0.39, 0.29) is 16.8 Å². The predicted molar refractivity (Wildman–Crippen MR) is 81.5 cm³/mol. The van der Waals surface area contributed by atoms with Crippen LogP contribution in [0.15, 0.2) is 42.5 Å². The molecule has 0 saturated heterocycles. The lowest BCUT2D eigenvalue weighted by Crippen LogP contribution is -2.17. The lowest BCUT2D eigenvalue weighted by molar-refractivity contribution is 0.103. The van der Waals surface area contributed by atoms with Gasteiger partial charge in [0.1, 0.15) is 11.6 Å². The van der Waals surface area contributed by atoms with Crippen molar-refractivity contribution >= 4 is 5.78 Å². The molecule has 21 heavy (non-hydrogen) atoms. The molecule has 0 spiro atoms. The Kier molecular flexibility index (Phi) is 4.12. The van der Waals surface area contributed by atoms with Crippen LogP contribution in [-0.4, -0.2) is 12.9 Å². The van der Waals surface area contributed by atoms with Gasteiger partial charge in [-0.25, -0.2) is 4.39 Å². The van der Waals surface area contributed by atoms with Crippen LogP contribution in [0.5, 0.6) is 5.75 Å². The van der Waals surface area contributed by atoms with Crippen LogP contribution < -0.4 is 4.74 Å². The number of carbonyl (C=O) groups excluding carboxylic acids is 1. The third kappa shape index (κ3) is 3.13. The quantitative estimate of drug-likeness (QED) is 0.783. The molecule has 0 amide bonds. The summed E-state index contributed by atoms with van der Waals surface area (Å²) in [5.41, 5.74) is 1.32. The molecule has 0 saturated carbocycles. The van der Waals surface area contributed by atoms with Crippen molar-refractivity contribution in [3.05, 3.63) is 65.0 Å². The van der Waals surface area contributed by atoms with Crippen LogP contribution in [-0.2, 0) is 5.41 Å². The van der Waals surface area contributed by atoms with E-state index < -0.39 is 5.82 Å². The van der Waals surface area contributed by atoms with Crippen LogP contribution >= 0.6 is 0 Å². The van der Waals surface area contributed by atoms with E-state index in [2.05, 4.69) is 0 Å². The Hall–Kier alpha value is -2.16. The number of ether oxygens (including phenoxy) is 1. The van der Waals surface area contributed by atoms with Crippen molar-refractivity contribution in [2.24, 2.45) is 0 Å². The van der Waals surface area contributed by atoms with Crippen LogP contribution in [0.1, 0.15) is 42.3 Å². The summed E-state index contributed by atoms with van der Waals surface area (Å²) in [6.07, 6.45) is 0. The molecule has 0 bridgehead atoms. The standard InChI is InChI=1S/C18H19FO2/c1-18(2,3)15-8-6-5-7-13(15)17(20)14-10-9-12(21-4)11-16(14)19/h5-11H,1-4H3. The minimum absolute atomic E-state index is 0.0625. The SMILES string of the molecule is COc1ccc(C(=O)c2ccccc2C(C)(C)C)c(F)c1. The Morgan fingerprint density at radius 1 is 1.05 bits per heavy atom. The normalized spacial score (nSPS) is 11.3. The van der Waals surface area contributed by atoms with Crippen molar-refractivity contribution in [1.82, 2.24) is 0 Å². The molecule has 0 aliphatic carbocycles. The van der Waals surface area contributed by atoms with Gasteiger partial charge < -0.3 is 4.74 Å². The van der Waals surface area contributed by atoms with Gasteiger partial charge in [-0.15, -0.1) is 0 Å². The van der Waals surface area contributed by atoms with E-state index in [4.69, 9.17) is 4.74 Å². The van der Waals surface area contributed by atoms with Gasteiger partial charge in [-0.2, -0.15) is 0 Å². The summed E-state index contributed by atoms with van der Waals surface area (Å²) in [6, 6.07) is 11.6. The molecule has 2 nitrogen and oxygen atoms in total. The molecule has 0 aromatic heterocycles. The Bertz CT molecular complexity index is 669. The van der Waals surface area contributed by atoms with Crippen LogP contribution in [0, 0.1) is 5.82 Å². The second-order valence-corrected chi connectivity index (χ2v) is 5.97. The second-order valence-electron chi connectivity index (χ2n) is 5.97. The fraction of sp³-hybridized carbons (Fsp3) is 0.278. The van der Waals surface area contributed by atoms with Gasteiger partial charge >= 0.3 is 0 Å². The predicted octanol–water partition coefficient (Wildman–Crippen LogP) is 4.36. The smallest absolute Gasteiger partial charge is 0.196 e. The minimum atomic E-state index is -0.567. The molecule has 0 heterocycles. The third-order valence-corrected chi connectivity index (χ3v) is 3.40. The number of halogens is 1. The van der Waals surface area contributed by atoms with E-state index in [0.29, 0.717) is 11.3 Å². The number of rotatable bonds is 3. The van der Waals surface area contributed by atoms with E-state index in [9.17, 15) is 9.18 Å². The average Bonchev–Trinajstić information content (AvgIpc) is 2.45. The summed E-state index contributed by atoms with van der Waals surface area (Å²) in [5, 5.41) is 0. The maximum Gasteiger partial charge on any atom is 0.196 e. The van der Waals surface area contributed by atoms with Crippen molar-refractivity contribution in [2.75, 3.05) is 7.11 Å². The molecular formula is C18H19FO2. The van der Waals surface area contributed by atoms with Gasteiger partial charge in [-0.05, 0) is 23.1 Å². The highest BCUT2D eigenvalue weighted by Crippen LogP contribution is 2.28. The van der Waals surface area contributed by atoms with Crippen LogP contribution in [0.25, 0.3) is 0 Å². The summed E-state index contributed by atoms with van der Waals surface area (Å²) < 4.78 is 19.1. The first-order chi connectivity index (χ1) is 9.84. The van der Waals surface area contributed by atoms with Crippen LogP contribution in [0.3, 0.4) is 0 Å². The maximum atomic E-state index is 14.1. The van der Waals surface area contributed by atoms with E-state index in [1.807, 2.05) is 32.9 Å². The molecule has 2 aromatic carbocycles. The van der Waals surface area contributed by atoms with Gasteiger partial charge in [0.05, 0.1) is 12.7 Å². The number of ketones is 1. The zero-order valence-corrected chi connectivity index (χ0v) is 12.7. The number of hydrogen-bond donors (Lipinski definition) is 0. The topological polar surface area (TPSA) is 26.3 Å². The molecule has 110 valence electrons. The zero-order chi connectivity index (χ0) is 15.6. The van der Waals surface area contributed by atoms with Crippen LogP contribution in [0.4, 0.5) is 4.39 Å². The summed E-state index contributed by atoms with van der Waals surface area (Å²) in [4.78, 5) is 12.7. The van der Waals surface area contributed by atoms with E-state index >= 15 is 0 Å². The molecule has 0 radical (unpaired) electrons. The van der Waals surface area contributed by atoms with E-state index in [1.54, 1.807) is 18.2 Å². The third-order valence-electron chi connectivity index (χ3n) is 3.40. The monoisotopic (exact) mass is 286 g/mol. The highest BCUT2D eigenvalue weighted by atomic mass is 19.1. The largest absolute Gasteiger partial charge is 0.497 e. The molecule has 3 heteroatoms. The molecule has 0 unspecified atom stereocenters. The first-order valence-electron chi connectivity index (χ1n) is 6.82. The van der Waals surface area contributed by atoms with Gasteiger partial charge in [0.2, 0.25) is 0 Å². The lowest BCUT2D eigenvalue weighted by atomic mass is 9.82.